The Bertz CT molecular complexity index is 793. The highest BCUT2D eigenvalue weighted by Crippen LogP contribution is 2.22. The molecule has 3 aromatic rings. The number of likely N-dealkylation sites (tertiary alicyclic amines) is 1. The predicted octanol–water partition coefficient (Wildman–Crippen LogP) is 2.37. The number of benzene rings is 1. The normalized spacial score (nSPS) is 17.3. The molecule has 0 unspecified atom stereocenters. The van der Waals surface area contributed by atoms with Crippen molar-refractivity contribution in [2.24, 2.45) is 0 Å². The standard InChI is InChI=1S/C18H19N5O/c24-18(15-4-6-16(7-5-15)21-12-9-19-14-21)23-11-1-3-17(23)13-22-10-2-8-20-22/h2,4-10,12,14,17H,1,3,11,13H2/t17-/m1/s1. The minimum Gasteiger partial charge on any atom is -0.334 e. The van der Waals surface area contributed by atoms with Crippen molar-refractivity contribution >= 4 is 5.91 Å². The fraction of sp³-hybridized carbons (Fsp3) is 0.278. The fourth-order valence-electron chi connectivity index (χ4n) is 3.27. The molecule has 0 bridgehead atoms. The SMILES string of the molecule is O=C(c1ccc(-n2ccnc2)cc1)N1CCC[C@@H]1Cn1cccn1. The quantitative estimate of drug-likeness (QED) is 0.741. The summed E-state index contributed by atoms with van der Waals surface area (Å²) in [5, 5.41) is 4.26. The Balaban J connectivity index is 1.50. The van der Waals surface area contributed by atoms with Crippen molar-refractivity contribution in [2.75, 3.05) is 6.54 Å². The van der Waals surface area contributed by atoms with E-state index in [0.29, 0.717) is 0 Å². The lowest BCUT2D eigenvalue weighted by molar-refractivity contribution is 0.0721. The van der Waals surface area contributed by atoms with Crippen molar-refractivity contribution in [1.82, 2.24) is 24.2 Å². The van der Waals surface area contributed by atoms with E-state index in [-0.39, 0.29) is 11.9 Å². The van der Waals surface area contributed by atoms with Gasteiger partial charge in [-0.1, -0.05) is 0 Å². The Morgan fingerprint density at radius 1 is 1.17 bits per heavy atom. The molecule has 0 saturated carbocycles. The zero-order valence-electron chi connectivity index (χ0n) is 13.3. The molecule has 0 N–H and O–H groups in total. The van der Waals surface area contributed by atoms with Crippen molar-refractivity contribution in [1.29, 1.82) is 0 Å². The van der Waals surface area contributed by atoms with E-state index < -0.39 is 0 Å². The average molecular weight is 321 g/mol. The molecule has 1 aliphatic heterocycles. The molecule has 24 heavy (non-hydrogen) atoms. The third-order valence-corrected chi connectivity index (χ3v) is 4.51. The van der Waals surface area contributed by atoms with E-state index in [9.17, 15) is 4.79 Å². The fourth-order valence-corrected chi connectivity index (χ4v) is 3.27. The van der Waals surface area contributed by atoms with Gasteiger partial charge in [-0.2, -0.15) is 5.10 Å². The Kier molecular flexibility index (Phi) is 3.86. The molecule has 1 fully saturated rings. The third kappa shape index (κ3) is 2.82. The highest BCUT2D eigenvalue weighted by atomic mass is 16.2. The van der Waals surface area contributed by atoms with Crippen LogP contribution in [0.25, 0.3) is 5.69 Å². The van der Waals surface area contributed by atoms with Crippen molar-refractivity contribution in [3.63, 3.8) is 0 Å². The summed E-state index contributed by atoms with van der Waals surface area (Å²) < 4.78 is 3.82. The molecule has 6 heteroatoms. The lowest BCUT2D eigenvalue weighted by Crippen LogP contribution is -2.38. The van der Waals surface area contributed by atoms with Gasteiger partial charge in [0, 0.05) is 42.6 Å². The first-order valence-corrected chi connectivity index (χ1v) is 8.18. The number of amides is 1. The van der Waals surface area contributed by atoms with Gasteiger partial charge in [0.15, 0.2) is 0 Å². The van der Waals surface area contributed by atoms with E-state index in [4.69, 9.17) is 0 Å². The summed E-state index contributed by atoms with van der Waals surface area (Å²) in [6, 6.07) is 9.81. The third-order valence-electron chi connectivity index (χ3n) is 4.51. The van der Waals surface area contributed by atoms with Gasteiger partial charge in [0.05, 0.1) is 18.9 Å². The van der Waals surface area contributed by atoms with Crippen molar-refractivity contribution in [3.8, 4) is 5.69 Å². The molecule has 2 aromatic heterocycles. The van der Waals surface area contributed by atoms with E-state index in [0.717, 1.165) is 37.2 Å². The molecule has 1 aromatic carbocycles. The molecule has 0 radical (unpaired) electrons. The van der Waals surface area contributed by atoms with Crippen LogP contribution in [0, 0.1) is 0 Å². The van der Waals surface area contributed by atoms with Crippen molar-refractivity contribution in [2.45, 2.75) is 25.4 Å². The number of aromatic nitrogens is 4. The Morgan fingerprint density at radius 2 is 2.04 bits per heavy atom. The molecule has 1 saturated heterocycles. The van der Waals surface area contributed by atoms with Crippen molar-refractivity contribution < 1.29 is 4.79 Å². The first-order valence-electron chi connectivity index (χ1n) is 8.18. The molecule has 1 amide bonds. The molecule has 122 valence electrons. The van der Waals surface area contributed by atoms with Crippen LogP contribution in [-0.4, -0.2) is 42.7 Å². The molecule has 0 spiro atoms. The molecular weight excluding hydrogens is 302 g/mol. The number of hydrogen-bond acceptors (Lipinski definition) is 3. The molecular formula is C18H19N5O. The Morgan fingerprint density at radius 3 is 2.75 bits per heavy atom. The van der Waals surface area contributed by atoms with E-state index in [2.05, 4.69) is 10.1 Å². The second kappa shape index (κ2) is 6.31. The second-order valence-electron chi connectivity index (χ2n) is 6.04. The van der Waals surface area contributed by atoms with E-state index in [1.165, 1.54) is 0 Å². The maximum Gasteiger partial charge on any atom is 0.254 e. The van der Waals surface area contributed by atoms with Gasteiger partial charge in [0.2, 0.25) is 0 Å². The topological polar surface area (TPSA) is 56.0 Å². The summed E-state index contributed by atoms with van der Waals surface area (Å²) in [4.78, 5) is 18.9. The van der Waals surface area contributed by atoms with E-state index in [1.54, 1.807) is 18.7 Å². The van der Waals surface area contributed by atoms with Gasteiger partial charge in [-0.15, -0.1) is 0 Å². The van der Waals surface area contributed by atoms with Crippen molar-refractivity contribution in [3.05, 3.63) is 67.0 Å². The highest BCUT2D eigenvalue weighted by Gasteiger charge is 2.29. The number of carbonyl (C=O) groups is 1. The van der Waals surface area contributed by atoms with Crippen LogP contribution in [0.5, 0.6) is 0 Å². The summed E-state index contributed by atoms with van der Waals surface area (Å²) in [5.41, 5.74) is 1.73. The van der Waals surface area contributed by atoms with Crippen LogP contribution in [-0.2, 0) is 6.54 Å². The number of nitrogens with zero attached hydrogens (tertiary/aromatic N) is 5. The highest BCUT2D eigenvalue weighted by molar-refractivity contribution is 5.94. The smallest absolute Gasteiger partial charge is 0.254 e. The average Bonchev–Trinajstić information content (AvgIpc) is 3.37. The summed E-state index contributed by atoms with van der Waals surface area (Å²) in [7, 11) is 0. The Labute approximate surface area is 140 Å². The zero-order valence-corrected chi connectivity index (χ0v) is 13.3. The molecule has 4 rings (SSSR count). The first-order chi connectivity index (χ1) is 11.8. The number of carbonyl (C=O) groups excluding carboxylic acids is 1. The number of imidazole rings is 1. The van der Waals surface area contributed by atoms with Crippen LogP contribution in [0.4, 0.5) is 0 Å². The maximum atomic E-state index is 12.9. The van der Waals surface area contributed by atoms with Crippen LogP contribution >= 0.6 is 0 Å². The number of rotatable bonds is 4. The van der Waals surface area contributed by atoms with Gasteiger partial charge < -0.3 is 9.47 Å². The van der Waals surface area contributed by atoms with Crippen LogP contribution in [0.3, 0.4) is 0 Å². The number of hydrogen-bond donors (Lipinski definition) is 0. The summed E-state index contributed by atoms with van der Waals surface area (Å²) in [5.74, 6) is 0.0989. The van der Waals surface area contributed by atoms with Gasteiger partial charge in [-0.25, -0.2) is 4.98 Å². The zero-order chi connectivity index (χ0) is 16.4. The largest absolute Gasteiger partial charge is 0.334 e. The first kappa shape index (κ1) is 14.7. The van der Waals surface area contributed by atoms with Crippen LogP contribution in [0.2, 0.25) is 0 Å². The lowest BCUT2D eigenvalue weighted by atomic mass is 10.1. The van der Waals surface area contributed by atoms with Crippen LogP contribution in [0.1, 0.15) is 23.2 Å². The van der Waals surface area contributed by atoms with E-state index >= 15 is 0 Å². The van der Waals surface area contributed by atoms with Crippen LogP contribution in [0.15, 0.2) is 61.4 Å². The summed E-state index contributed by atoms with van der Waals surface area (Å²) in [6.07, 6.45) is 11.2. The van der Waals surface area contributed by atoms with Crippen LogP contribution < -0.4 is 0 Å². The Hall–Kier alpha value is -2.89. The second-order valence-corrected chi connectivity index (χ2v) is 6.04. The minimum absolute atomic E-state index is 0.0989. The monoisotopic (exact) mass is 321 g/mol. The molecule has 1 aliphatic rings. The van der Waals surface area contributed by atoms with Gasteiger partial charge >= 0.3 is 0 Å². The maximum absolute atomic E-state index is 12.9. The van der Waals surface area contributed by atoms with Gasteiger partial charge in [-0.05, 0) is 43.2 Å². The van der Waals surface area contributed by atoms with Gasteiger partial charge in [0.25, 0.3) is 5.91 Å². The van der Waals surface area contributed by atoms with E-state index in [1.807, 2.05) is 56.9 Å². The van der Waals surface area contributed by atoms with Gasteiger partial charge in [-0.3, -0.25) is 9.48 Å². The molecule has 3 heterocycles. The lowest BCUT2D eigenvalue weighted by Gasteiger charge is -2.25. The molecule has 0 aliphatic carbocycles. The predicted molar refractivity (Wildman–Crippen MR) is 89.8 cm³/mol. The molecule has 6 nitrogen and oxygen atoms in total. The molecule has 1 atom stereocenters. The van der Waals surface area contributed by atoms with Gasteiger partial charge in [0.1, 0.15) is 0 Å². The summed E-state index contributed by atoms with van der Waals surface area (Å²) >= 11 is 0. The minimum atomic E-state index is 0.0989. The summed E-state index contributed by atoms with van der Waals surface area (Å²) in [6.45, 7) is 1.57.